The third kappa shape index (κ3) is 3.74. The molecule has 14 heavy (non-hydrogen) atoms. The number of rotatable bonds is 5. The first-order chi connectivity index (χ1) is 6.67. The van der Waals surface area contributed by atoms with Crippen LogP contribution in [0.4, 0.5) is 0 Å². The summed E-state index contributed by atoms with van der Waals surface area (Å²) in [6.07, 6.45) is 1.82. The Hall–Kier alpha value is 0.780. The zero-order valence-corrected chi connectivity index (χ0v) is 11.2. The molecule has 0 aliphatic carbocycles. The Morgan fingerprint density at radius 3 is 2.79 bits per heavy atom. The summed E-state index contributed by atoms with van der Waals surface area (Å²) in [5.41, 5.74) is 0. The van der Waals surface area contributed by atoms with Crippen molar-refractivity contribution in [3.05, 3.63) is 0 Å². The van der Waals surface area contributed by atoms with E-state index in [9.17, 15) is 0 Å². The van der Waals surface area contributed by atoms with Crippen molar-refractivity contribution in [1.82, 2.24) is 0 Å². The van der Waals surface area contributed by atoms with Crippen molar-refractivity contribution in [3.8, 4) is 0 Å². The normalized spacial score (nSPS) is 32.2. The molecule has 2 radical (unpaired) electrons. The van der Waals surface area contributed by atoms with Crippen LogP contribution >= 0.6 is 22.6 Å². The molecule has 1 fully saturated rings. The second-order valence-corrected chi connectivity index (χ2v) is 4.73. The first kappa shape index (κ1) is 12.8. The van der Waals surface area contributed by atoms with E-state index >= 15 is 0 Å². The molecule has 0 aromatic rings. The molecule has 1 rings (SSSR count). The van der Waals surface area contributed by atoms with Crippen molar-refractivity contribution in [1.29, 1.82) is 0 Å². The van der Waals surface area contributed by atoms with E-state index in [1.165, 1.54) is 0 Å². The Balaban J connectivity index is 2.41. The van der Waals surface area contributed by atoms with Crippen molar-refractivity contribution in [3.63, 3.8) is 0 Å². The van der Waals surface area contributed by atoms with Crippen LogP contribution in [0, 0.1) is 0 Å². The SMILES string of the molecule is C[B][B]C1CC(OC(C)C)C(CI)O1. The number of alkyl halides is 1. The van der Waals surface area contributed by atoms with E-state index in [2.05, 4.69) is 43.6 Å². The fourth-order valence-electron chi connectivity index (χ4n) is 1.72. The average Bonchev–Trinajstić information content (AvgIpc) is 2.47. The van der Waals surface area contributed by atoms with Gasteiger partial charge in [-0.1, -0.05) is 29.4 Å². The van der Waals surface area contributed by atoms with Gasteiger partial charge in [0.2, 0.25) is 0 Å². The van der Waals surface area contributed by atoms with Gasteiger partial charge in [0, 0.05) is 10.4 Å². The molecule has 0 amide bonds. The third-order valence-electron chi connectivity index (χ3n) is 2.24. The van der Waals surface area contributed by atoms with Gasteiger partial charge in [0.05, 0.1) is 25.5 Å². The van der Waals surface area contributed by atoms with Crippen LogP contribution in [0.1, 0.15) is 20.3 Å². The monoisotopic (exact) mass is 306 g/mol. The van der Waals surface area contributed by atoms with Crippen molar-refractivity contribution in [2.24, 2.45) is 0 Å². The molecule has 1 aliphatic rings. The maximum Gasteiger partial charge on any atom is 0.105 e. The van der Waals surface area contributed by atoms with Crippen LogP contribution in [-0.4, -0.2) is 43.1 Å². The lowest BCUT2D eigenvalue weighted by molar-refractivity contribution is -0.0297. The smallest absolute Gasteiger partial charge is 0.105 e. The van der Waals surface area contributed by atoms with E-state index in [4.69, 9.17) is 9.47 Å². The molecule has 0 aromatic carbocycles. The Labute approximate surface area is 102 Å². The summed E-state index contributed by atoms with van der Waals surface area (Å²) >= 11 is 2.36. The lowest BCUT2D eigenvalue weighted by Gasteiger charge is -2.19. The van der Waals surface area contributed by atoms with Crippen LogP contribution in [0.15, 0.2) is 0 Å². The molecule has 1 heterocycles. The average molecular weight is 306 g/mol. The Morgan fingerprint density at radius 1 is 1.57 bits per heavy atom. The Bertz CT molecular complexity index is 169. The molecule has 2 nitrogen and oxygen atoms in total. The fourth-order valence-corrected chi connectivity index (χ4v) is 2.49. The van der Waals surface area contributed by atoms with E-state index in [0.29, 0.717) is 6.10 Å². The van der Waals surface area contributed by atoms with Crippen LogP contribution in [-0.2, 0) is 9.47 Å². The summed E-state index contributed by atoms with van der Waals surface area (Å²) in [5.74, 6) is 0. The maximum absolute atomic E-state index is 5.85. The highest BCUT2D eigenvalue weighted by Gasteiger charge is 2.34. The highest BCUT2D eigenvalue weighted by molar-refractivity contribution is 14.1. The minimum absolute atomic E-state index is 0.253. The van der Waals surface area contributed by atoms with E-state index in [1.54, 1.807) is 0 Å². The van der Waals surface area contributed by atoms with Gasteiger partial charge in [-0.2, -0.15) is 0 Å². The fraction of sp³-hybridized carbons (Fsp3) is 1.00. The molecular formula is C9H17B2IO2. The lowest BCUT2D eigenvalue weighted by atomic mass is 9.38. The molecule has 1 aliphatic heterocycles. The third-order valence-corrected chi connectivity index (χ3v) is 3.10. The molecule has 5 heteroatoms. The van der Waals surface area contributed by atoms with Crippen molar-refractivity contribution in [2.75, 3.05) is 4.43 Å². The number of hydrogen-bond acceptors (Lipinski definition) is 2. The molecule has 0 saturated carbocycles. The van der Waals surface area contributed by atoms with Crippen molar-refractivity contribution < 1.29 is 9.47 Å². The van der Waals surface area contributed by atoms with E-state index in [1.807, 2.05) is 14.0 Å². The minimum Gasteiger partial charge on any atom is -0.381 e. The predicted octanol–water partition coefficient (Wildman–Crippen LogP) is 1.70. The van der Waals surface area contributed by atoms with E-state index < -0.39 is 0 Å². The van der Waals surface area contributed by atoms with Gasteiger partial charge in [0.25, 0.3) is 0 Å². The maximum atomic E-state index is 5.85. The largest absolute Gasteiger partial charge is 0.381 e. The molecule has 0 aromatic heterocycles. The predicted molar refractivity (Wildman–Crippen MR) is 69.5 cm³/mol. The second-order valence-electron chi connectivity index (χ2n) is 3.85. The molecule has 0 bridgehead atoms. The highest BCUT2D eigenvalue weighted by Crippen LogP contribution is 2.25. The van der Waals surface area contributed by atoms with Crippen LogP contribution in [0.2, 0.25) is 6.82 Å². The summed E-state index contributed by atoms with van der Waals surface area (Å²) in [7, 11) is 4.16. The van der Waals surface area contributed by atoms with Crippen LogP contribution in [0.25, 0.3) is 0 Å². The zero-order valence-electron chi connectivity index (χ0n) is 9.07. The first-order valence-corrected chi connectivity index (χ1v) is 6.69. The zero-order chi connectivity index (χ0) is 10.6. The summed E-state index contributed by atoms with van der Waals surface area (Å²) in [6.45, 7) is 6.18. The molecule has 3 unspecified atom stereocenters. The molecule has 78 valence electrons. The van der Waals surface area contributed by atoms with Crippen LogP contribution in [0.3, 0.4) is 0 Å². The van der Waals surface area contributed by atoms with Gasteiger partial charge >= 0.3 is 0 Å². The van der Waals surface area contributed by atoms with E-state index in [0.717, 1.165) is 10.8 Å². The van der Waals surface area contributed by atoms with Gasteiger partial charge in [-0.25, -0.2) is 0 Å². The van der Waals surface area contributed by atoms with Crippen LogP contribution in [0.5, 0.6) is 0 Å². The van der Waals surface area contributed by atoms with Gasteiger partial charge < -0.3 is 9.47 Å². The van der Waals surface area contributed by atoms with Crippen LogP contribution < -0.4 is 0 Å². The molecular weight excluding hydrogens is 289 g/mol. The van der Waals surface area contributed by atoms with Crippen molar-refractivity contribution >= 4 is 36.9 Å². The van der Waals surface area contributed by atoms with E-state index in [-0.39, 0.29) is 18.2 Å². The number of halogens is 1. The van der Waals surface area contributed by atoms with Gasteiger partial charge in [-0.15, -0.1) is 0 Å². The summed E-state index contributed by atoms with van der Waals surface area (Å²) < 4.78 is 12.7. The number of ether oxygens (including phenoxy) is 2. The second kappa shape index (κ2) is 6.38. The standard InChI is InChI=1S/C9H17B2IO2/c1-6(2)13-7-4-9(11-10-3)14-8(7)5-12/h6-9H,4-5H2,1-3H3. The summed E-state index contributed by atoms with van der Waals surface area (Å²) in [5, 5.41) is 0. The van der Waals surface area contributed by atoms with Gasteiger partial charge in [0.15, 0.2) is 0 Å². The summed E-state index contributed by atoms with van der Waals surface area (Å²) in [6, 6.07) is 0.253. The molecule has 3 atom stereocenters. The van der Waals surface area contributed by atoms with Gasteiger partial charge in [0.1, 0.15) is 7.17 Å². The summed E-state index contributed by atoms with van der Waals surface area (Å²) in [4.78, 5) is 0. The van der Waals surface area contributed by atoms with Gasteiger partial charge in [-0.05, 0) is 20.3 Å². The molecule has 1 saturated heterocycles. The molecule has 0 spiro atoms. The first-order valence-electron chi connectivity index (χ1n) is 5.17. The highest BCUT2D eigenvalue weighted by atomic mass is 127. The minimum atomic E-state index is 0.253. The lowest BCUT2D eigenvalue weighted by Crippen LogP contribution is -2.28. The topological polar surface area (TPSA) is 18.5 Å². The Kier molecular flexibility index (Phi) is 5.86. The quantitative estimate of drug-likeness (QED) is 0.437. The molecule has 0 N–H and O–H groups in total. The number of hydrogen-bond donors (Lipinski definition) is 0. The van der Waals surface area contributed by atoms with Gasteiger partial charge in [-0.3, -0.25) is 0 Å². The van der Waals surface area contributed by atoms with Crippen molar-refractivity contribution in [2.45, 2.75) is 51.4 Å². The Morgan fingerprint density at radius 2 is 2.29 bits per heavy atom.